The summed E-state index contributed by atoms with van der Waals surface area (Å²) in [6.07, 6.45) is 5.61. The Bertz CT molecular complexity index is 772. The van der Waals surface area contributed by atoms with E-state index in [1.54, 1.807) is 48.6 Å². The van der Waals surface area contributed by atoms with E-state index in [0.29, 0.717) is 11.1 Å². The Morgan fingerprint density at radius 3 is 1.62 bits per heavy atom. The lowest BCUT2D eigenvalue weighted by Gasteiger charge is -2.05. The summed E-state index contributed by atoms with van der Waals surface area (Å²) in [4.78, 5) is 8.29. The van der Waals surface area contributed by atoms with Crippen LogP contribution in [0, 0.1) is 0 Å². The van der Waals surface area contributed by atoms with E-state index >= 15 is 0 Å². The van der Waals surface area contributed by atoms with Crippen molar-refractivity contribution in [3.63, 3.8) is 0 Å². The molecule has 2 aromatic rings. The predicted octanol–water partition coefficient (Wildman–Crippen LogP) is 3.28. The SMILES string of the molecule is C=Cc1ccc(O)c(C=NCC(O)CN=Cc2cc(C=C)ccc2O)c1. The number of aliphatic hydroxyl groups is 1. The molecule has 26 heavy (non-hydrogen) atoms. The molecule has 0 saturated carbocycles. The zero-order valence-electron chi connectivity index (χ0n) is 14.4. The minimum absolute atomic E-state index is 0.115. The van der Waals surface area contributed by atoms with Crippen LogP contribution in [0.5, 0.6) is 11.5 Å². The normalized spacial score (nSPS) is 12.5. The zero-order chi connectivity index (χ0) is 18.9. The van der Waals surface area contributed by atoms with E-state index in [1.807, 2.05) is 0 Å². The highest BCUT2D eigenvalue weighted by Crippen LogP contribution is 2.18. The number of aliphatic hydroxyl groups excluding tert-OH is 1. The first-order valence-electron chi connectivity index (χ1n) is 8.12. The summed E-state index contributed by atoms with van der Waals surface area (Å²) in [5.41, 5.74) is 2.86. The van der Waals surface area contributed by atoms with Crippen LogP contribution in [0.15, 0.2) is 59.5 Å². The standard InChI is InChI=1S/C21H22N2O3/c1-3-15-5-7-20(25)17(9-15)11-22-13-19(24)14-23-12-18-10-16(4-2)6-8-21(18)26/h3-12,19,24-26H,1-2,13-14H2. The number of rotatable bonds is 8. The van der Waals surface area contributed by atoms with Crippen molar-refractivity contribution in [2.45, 2.75) is 6.10 Å². The molecular weight excluding hydrogens is 328 g/mol. The maximum absolute atomic E-state index is 9.96. The van der Waals surface area contributed by atoms with Gasteiger partial charge in [-0.1, -0.05) is 37.4 Å². The fourth-order valence-electron chi connectivity index (χ4n) is 2.21. The molecule has 0 aromatic heterocycles. The van der Waals surface area contributed by atoms with E-state index in [4.69, 9.17) is 0 Å². The van der Waals surface area contributed by atoms with Gasteiger partial charge in [-0.15, -0.1) is 0 Å². The van der Waals surface area contributed by atoms with Crippen molar-refractivity contribution in [3.05, 3.63) is 71.8 Å². The third-order valence-electron chi connectivity index (χ3n) is 3.67. The van der Waals surface area contributed by atoms with E-state index in [0.717, 1.165) is 11.1 Å². The first kappa shape index (κ1) is 19.1. The van der Waals surface area contributed by atoms with Crippen LogP contribution < -0.4 is 0 Å². The lowest BCUT2D eigenvalue weighted by atomic mass is 10.1. The van der Waals surface area contributed by atoms with Gasteiger partial charge in [0, 0.05) is 23.6 Å². The van der Waals surface area contributed by atoms with Crippen molar-refractivity contribution in [2.75, 3.05) is 13.1 Å². The van der Waals surface area contributed by atoms with Crippen molar-refractivity contribution < 1.29 is 15.3 Å². The topological polar surface area (TPSA) is 85.4 Å². The quantitative estimate of drug-likeness (QED) is 0.639. The first-order chi connectivity index (χ1) is 12.5. The van der Waals surface area contributed by atoms with Gasteiger partial charge in [0.25, 0.3) is 0 Å². The van der Waals surface area contributed by atoms with E-state index in [-0.39, 0.29) is 24.6 Å². The fourth-order valence-corrected chi connectivity index (χ4v) is 2.21. The summed E-state index contributed by atoms with van der Waals surface area (Å²) in [5, 5.41) is 29.5. The monoisotopic (exact) mass is 350 g/mol. The summed E-state index contributed by atoms with van der Waals surface area (Å²) >= 11 is 0. The maximum Gasteiger partial charge on any atom is 0.124 e. The Balaban J connectivity index is 1.92. The molecule has 0 bridgehead atoms. The Morgan fingerprint density at radius 1 is 0.808 bits per heavy atom. The van der Waals surface area contributed by atoms with Crippen molar-refractivity contribution in [2.24, 2.45) is 9.98 Å². The van der Waals surface area contributed by atoms with Gasteiger partial charge in [-0.2, -0.15) is 0 Å². The zero-order valence-corrected chi connectivity index (χ0v) is 14.4. The minimum Gasteiger partial charge on any atom is -0.507 e. The van der Waals surface area contributed by atoms with Crippen molar-refractivity contribution in [1.82, 2.24) is 0 Å². The number of benzene rings is 2. The molecule has 0 saturated heterocycles. The molecule has 0 amide bonds. The van der Waals surface area contributed by atoms with Gasteiger partial charge in [0.05, 0.1) is 19.2 Å². The molecule has 2 aromatic carbocycles. The number of hydrogen-bond acceptors (Lipinski definition) is 5. The van der Waals surface area contributed by atoms with Gasteiger partial charge in [-0.25, -0.2) is 0 Å². The largest absolute Gasteiger partial charge is 0.507 e. The van der Waals surface area contributed by atoms with Gasteiger partial charge in [-0.3, -0.25) is 9.98 Å². The van der Waals surface area contributed by atoms with Gasteiger partial charge in [0.15, 0.2) is 0 Å². The van der Waals surface area contributed by atoms with E-state index < -0.39 is 6.10 Å². The average Bonchev–Trinajstić information content (AvgIpc) is 2.64. The highest BCUT2D eigenvalue weighted by Gasteiger charge is 2.03. The van der Waals surface area contributed by atoms with Crippen molar-refractivity contribution in [1.29, 1.82) is 0 Å². The van der Waals surface area contributed by atoms with Gasteiger partial charge < -0.3 is 15.3 Å². The average molecular weight is 350 g/mol. The van der Waals surface area contributed by atoms with Crippen LogP contribution in [0.3, 0.4) is 0 Å². The summed E-state index contributed by atoms with van der Waals surface area (Å²) in [7, 11) is 0. The van der Waals surface area contributed by atoms with Crippen LogP contribution in [0.1, 0.15) is 22.3 Å². The maximum atomic E-state index is 9.96. The van der Waals surface area contributed by atoms with Gasteiger partial charge in [-0.05, 0) is 35.4 Å². The molecule has 0 atom stereocenters. The summed E-state index contributed by atoms with van der Waals surface area (Å²) in [5.74, 6) is 0.230. The van der Waals surface area contributed by atoms with Crippen LogP contribution in [0.2, 0.25) is 0 Å². The minimum atomic E-state index is -0.767. The highest BCUT2D eigenvalue weighted by molar-refractivity contribution is 5.85. The Hall–Kier alpha value is -3.18. The molecule has 0 aliphatic rings. The second kappa shape index (κ2) is 9.34. The molecule has 5 heteroatoms. The van der Waals surface area contributed by atoms with Crippen molar-refractivity contribution in [3.8, 4) is 11.5 Å². The Kier molecular flexibility index (Phi) is 6.88. The summed E-state index contributed by atoms with van der Waals surface area (Å²) in [6, 6.07) is 10.2. The second-order valence-corrected chi connectivity index (χ2v) is 5.69. The molecule has 2 rings (SSSR count). The first-order valence-corrected chi connectivity index (χ1v) is 8.12. The number of phenolic OH excluding ortho intramolecular Hbond substituents is 2. The third kappa shape index (κ3) is 5.43. The third-order valence-corrected chi connectivity index (χ3v) is 3.67. The van der Waals surface area contributed by atoms with Crippen LogP contribution in [0.25, 0.3) is 12.2 Å². The van der Waals surface area contributed by atoms with Crippen LogP contribution in [0.4, 0.5) is 0 Å². The van der Waals surface area contributed by atoms with E-state index in [2.05, 4.69) is 23.1 Å². The number of aliphatic imine (C=N–C) groups is 2. The molecule has 0 fully saturated rings. The van der Waals surface area contributed by atoms with Crippen molar-refractivity contribution >= 4 is 24.6 Å². The molecule has 3 N–H and O–H groups in total. The van der Waals surface area contributed by atoms with Gasteiger partial charge in [0.2, 0.25) is 0 Å². The number of aromatic hydroxyl groups is 2. The molecule has 5 nitrogen and oxygen atoms in total. The van der Waals surface area contributed by atoms with Gasteiger partial charge in [0.1, 0.15) is 11.5 Å². The summed E-state index contributed by atoms with van der Waals surface area (Å²) in [6.45, 7) is 7.65. The number of phenols is 2. The van der Waals surface area contributed by atoms with Gasteiger partial charge >= 0.3 is 0 Å². The van der Waals surface area contributed by atoms with Crippen LogP contribution >= 0.6 is 0 Å². The van der Waals surface area contributed by atoms with Crippen LogP contribution in [-0.2, 0) is 0 Å². The Labute approximate surface area is 153 Å². The number of hydrogen-bond donors (Lipinski definition) is 3. The molecule has 0 radical (unpaired) electrons. The van der Waals surface area contributed by atoms with E-state index in [1.165, 1.54) is 12.4 Å². The fraction of sp³-hybridized carbons (Fsp3) is 0.143. The molecule has 0 unspecified atom stereocenters. The predicted molar refractivity (Wildman–Crippen MR) is 107 cm³/mol. The molecule has 0 heterocycles. The lowest BCUT2D eigenvalue weighted by molar-refractivity contribution is 0.193. The van der Waals surface area contributed by atoms with Crippen LogP contribution in [-0.4, -0.2) is 46.9 Å². The molecule has 0 spiro atoms. The molecule has 134 valence electrons. The van der Waals surface area contributed by atoms with E-state index in [9.17, 15) is 15.3 Å². The second-order valence-electron chi connectivity index (χ2n) is 5.69. The lowest BCUT2D eigenvalue weighted by Crippen LogP contribution is -2.15. The smallest absolute Gasteiger partial charge is 0.124 e. The number of nitrogens with zero attached hydrogens (tertiary/aromatic N) is 2. The molecule has 0 aliphatic heterocycles. The highest BCUT2D eigenvalue weighted by atomic mass is 16.3. The molecular formula is C21H22N2O3. The Morgan fingerprint density at radius 2 is 1.23 bits per heavy atom. The summed E-state index contributed by atoms with van der Waals surface area (Å²) < 4.78 is 0. The molecule has 0 aliphatic carbocycles.